The number of hydrogen-bond acceptors (Lipinski definition) is 2. The van der Waals surface area contributed by atoms with Gasteiger partial charge in [0.1, 0.15) is 0 Å². The molecule has 116 valence electrons. The molecule has 2 aromatic rings. The fourth-order valence-corrected chi connectivity index (χ4v) is 3.40. The summed E-state index contributed by atoms with van der Waals surface area (Å²) in [5, 5.41) is 9.10. The molecule has 0 unspecified atom stereocenters. The molecular formula is C19H24N2O. The lowest BCUT2D eigenvalue weighted by Crippen LogP contribution is -2.34. The van der Waals surface area contributed by atoms with Crippen LogP contribution in [-0.2, 0) is 11.3 Å². The normalized spacial score (nSPS) is 21.6. The summed E-state index contributed by atoms with van der Waals surface area (Å²) in [4.78, 5) is 10.5. The van der Waals surface area contributed by atoms with Crippen LogP contribution in [0.4, 0.5) is 0 Å². The molecule has 0 aliphatic heterocycles. The van der Waals surface area contributed by atoms with Crippen LogP contribution in [0.2, 0.25) is 0 Å². The molecule has 1 fully saturated rings. The van der Waals surface area contributed by atoms with Gasteiger partial charge in [-0.25, -0.2) is 0 Å². The number of carbonyl (C=O) groups excluding carboxylic acids is 1. The van der Waals surface area contributed by atoms with Crippen LogP contribution in [0.1, 0.15) is 31.2 Å². The van der Waals surface area contributed by atoms with E-state index in [1.807, 2.05) is 0 Å². The van der Waals surface area contributed by atoms with Crippen molar-refractivity contribution in [3.8, 4) is 0 Å². The maximum atomic E-state index is 10.5. The Labute approximate surface area is 132 Å². The summed E-state index contributed by atoms with van der Waals surface area (Å²) < 4.78 is 0. The summed E-state index contributed by atoms with van der Waals surface area (Å²) in [6.45, 7) is 2.00. The topological polar surface area (TPSA) is 41.1 Å². The monoisotopic (exact) mass is 296 g/mol. The van der Waals surface area contributed by atoms with Crippen LogP contribution >= 0.6 is 0 Å². The van der Waals surface area contributed by atoms with Gasteiger partial charge in [-0.1, -0.05) is 36.4 Å². The van der Waals surface area contributed by atoms with Crippen molar-refractivity contribution in [2.24, 2.45) is 5.92 Å². The van der Waals surface area contributed by atoms with Gasteiger partial charge >= 0.3 is 0 Å². The molecule has 3 nitrogen and oxygen atoms in total. The van der Waals surface area contributed by atoms with Crippen LogP contribution in [0.5, 0.6) is 0 Å². The lowest BCUT2D eigenvalue weighted by Gasteiger charge is -2.28. The zero-order valence-electron chi connectivity index (χ0n) is 12.9. The van der Waals surface area contributed by atoms with Gasteiger partial charge < -0.3 is 10.6 Å². The van der Waals surface area contributed by atoms with Gasteiger partial charge in [0.05, 0.1) is 0 Å². The predicted octanol–water partition coefficient (Wildman–Crippen LogP) is 3.23. The summed E-state index contributed by atoms with van der Waals surface area (Å²) in [6, 6.07) is 15.6. The predicted molar refractivity (Wildman–Crippen MR) is 90.6 cm³/mol. The van der Waals surface area contributed by atoms with Gasteiger partial charge in [0.2, 0.25) is 6.41 Å². The number of nitrogens with one attached hydrogen (secondary N) is 2. The Balaban J connectivity index is 1.45. The van der Waals surface area contributed by atoms with Gasteiger partial charge in [0.25, 0.3) is 0 Å². The van der Waals surface area contributed by atoms with E-state index in [1.54, 1.807) is 0 Å². The minimum absolute atomic E-state index is 0.397. The van der Waals surface area contributed by atoms with E-state index in [4.69, 9.17) is 0 Å². The highest BCUT2D eigenvalue weighted by molar-refractivity contribution is 5.82. The fraction of sp³-hybridized carbons (Fsp3) is 0.421. The van der Waals surface area contributed by atoms with E-state index < -0.39 is 0 Å². The van der Waals surface area contributed by atoms with Crippen molar-refractivity contribution >= 4 is 17.2 Å². The van der Waals surface area contributed by atoms with Gasteiger partial charge in [-0.3, -0.25) is 4.79 Å². The van der Waals surface area contributed by atoms with Crippen LogP contribution in [-0.4, -0.2) is 19.0 Å². The first-order chi connectivity index (χ1) is 10.8. The Kier molecular flexibility index (Phi) is 5.07. The maximum Gasteiger partial charge on any atom is 0.207 e. The highest BCUT2D eigenvalue weighted by Gasteiger charge is 2.20. The number of amides is 1. The third kappa shape index (κ3) is 3.86. The maximum absolute atomic E-state index is 10.5. The first kappa shape index (κ1) is 15.0. The Morgan fingerprint density at radius 2 is 1.77 bits per heavy atom. The van der Waals surface area contributed by atoms with Gasteiger partial charge in [-0.15, -0.1) is 0 Å². The van der Waals surface area contributed by atoms with Gasteiger partial charge in [-0.05, 0) is 60.5 Å². The van der Waals surface area contributed by atoms with E-state index in [9.17, 15) is 4.79 Å². The quantitative estimate of drug-likeness (QED) is 0.804. The van der Waals surface area contributed by atoms with Gasteiger partial charge in [0.15, 0.2) is 0 Å². The minimum atomic E-state index is 0.397. The van der Waals surface area contributed by atoms with Crippen LogP contribution in [0.25, 0.3) is 10.8 Å². The van der Waals surface area contributed by atoms with Crippen molar-refractivity contribution in [3.05, 3.63) is 48.0 Å². The number of rotatable bonds is 6. The number of fused-ring (bicyclic) bond motifs is 1. The second-order valence-corrected chi connectivity index (χ2v) is 6.31. The largest absolute Gasteiger partial charge is 0.356 e. The van der Waals surface area contributed by atoms with Crippen LogP contribution in [0, 0.1) is 5.92 Å². The Hall–Kier alpha value is -1.87. The van der Waals surface area contributed by atoms with Crippen molar-refractivity contribution in [1.82, 2.24) is 10.6 Å². The van der Waals surface area contributed by atoms with Crippen molar-refractivity contribution < 1.29 is 4.79 Å². The Morgan fingerprint density at radius 3 is 2.55 bits per heavy atom. The first-order valence-corrected chi connectivity index (χ1v) is 8.23. The highest BCUT2D eigenvalue weighted by Crippen LogP contribution is 2.23. The number of benzene rings is 2. The van der Waals surface area contributed by atoms with Gasteiger partial charge in [0, 0.05) is 12.6 Å². The highest BCUT2D eigenvalue weighted by atomic mass is 16.1. The summed E-state index contributed by atoms with van der Waals surface area (Å²) in [7, 11) is 0. The van der Waals surface area contributed by atoms with Gasteiger partial charge in [-0.2, -0.15) is 0 Å². The van der Waals surface area contributed by atoms with Crippen molar-refractivity contribution in [2.75, 3.05) is 6.54 Å². The molecule has 2 aromatic carbocycles. The van der Waals surface area contributed by atoms with E-state index in [-0.39, 0.29) is 0 Å². The molecule has 3 rings (SSSR count). The van der Waals surface area contributed by atoms with E-state index >= 15 is 0 Å². The summed E-state index contributed by atoms with van der Waals surface area (Å²) in [5.41, 5.74) is 1.34. The number of carbonyl (C=O) groups is 1. The SMILES string of the molecule is O=CNC1CCC(CNCc2ccc3ccccc3c2)CC1. The standard InChI is InChI=1S/C19H24N2O/c22-14-21-19-9-6-15(7-10-19)12-20-13-16-5-8-17-3-1-2-4-18(17)11-16/h1-5,8,11,14-15,19-20H,6-7,9-10,12-13H2,(H,21,22). The second kappa shape index (κ2) is 7.41. The van der Waals surface area contributed by atoms with E-state index in [0.717, 1.165) is 38.3 Å². The molecule has 0 atom stereocenters. The molecular weight excluding hydrogens is 272 g/mol. The molecule has 2 N–H and O–H groups in total. The van der Waals surface area contributed by atoms with Crippen LogP contribution in [0.3, 0.4) is 0 Å². The molecule has 0 heterocycles. The fourth-order valence-electron chi connectivity index (χ4n) is 3.40. The average Bonchev–Trinajstić information content (AvgIpc) is 2.57. The zero-order chi connectivity index (χ0) is 15.2. The third-order valence-electron chi connectivity index (χ3n) is 4.73. The molecule has 0 bridgehead atoms. The molecule has 0 saturated heterocycles. The zero-order valence-corrected chi connectivity index (χ0v) is 12.9. The molecule has 0 aromatic heterocycles. The van der Waals surface area contributed by atoms with Crippen molar-refractivity contribution in [3.63, 3.8) is 0 Å². The summed E-state index contributed by atoms with van der Waals surface area (Å²) >= 11 is 0. The molecule has 0 spiro atoms. The Morgan fingerprint density at radius 1 is 1.00 bits per heavy atom. The van der Waals surface area contributed by atoms with Crippen molar-refractivity contribution in [1.29, 1.82) is 0 Å². The molecule has 3 heteroatoms. The minimum Gasteiger partial charge on any atom is -0.356 e. The lowest BCUT2D eigenvalue weighted by atomic mass is 9.86. The molecule has 22 heavy (non-hydrogen) atoms. The Bertz CT molecular complexity index is 618. The lowest BCUT2D eigenvalue weighted by molar-refractivity contribution is -0.110. The van der Waals surface area contributed by atoms with E-state index in [1.165, 1.54) is 29.2 Å². The van der Waals surface area contributed by atoms with E-state index in [0.29, 0.717) is 6.04 Å². The summed E-state index contributed by atoms with van der Waals surface area (Å²) in [6.07, 6.45) is 5.47. The molecule has 1 aliphatic rings. The second-order valence-electron chi connectivity index (χ2n) is 6.31. The van der Waals surface area contributed by atoms with Crippen LogP contribution in [0.15, 0.2) is 42.5 Å². The smallest absolute Gasteiger partial charge is 0.207 e. The first-order valence-electron chi connectivity index (χ1n) is 8.23. The number of hydrogen-bond donors (Lipinski definition) is 2. The average molecular weight is 296 g/mol. The summed E-state index contributed by atoms with van der Waals surface area (Å²) in [5.74, 6) is 0.741. The van der Waals surface area contributed by atoms with E-state index in [2.05, 4.69) is 53.1 Å². The third-order valence-corrected chi connectivity index (χ3v) is 4.73. The van der Waals surface area contributed by atoms with Crippen LogP contribution < -0.4 is 10.6 Å². The molecule has 1 saturated carbocycles. The molecule has 1 aliphatic carbocycles. The van der Waals surface area contributed by atoms with Crippen molar-refractivity contribution in [2.45, 2.75) is 38.3 Å². The molecule has 1 amide bonds. The molecule has 0 radical (unpaired) electrons.